The van der Waals surface area contributed by atoms with Crippen LogP contribution in [-0.4, -0.2) is 29.5 Å². The second-order valence-electron chi connectivity index (χ2n) is 9.98. The van der Waals surface area contributed by atoms with Crippen molar-refractivity contribution in [1.29, 1.82) is 0 Å². The van der Waals surface area contributed by atoms with E-state index in [1.807, 2.05) is 60.7 Å². The zero-order valence-electron chi connectivity index (χ0n) is 22.0. The Hall–Kier alpha value is -2.80. The summed E-state index contributed by atoms with van der Waals surface area (Å²) in [5.74, 6) is 1.75. The molecule has 1 aliphatic carbocycles. The fourth-order valence-corrected chi connectivity index (χ4v) is 6.73. The average Bonchev–Trinajstić information content (AvgIpc) is 3.24. The number of ether oxygens (including phenoxy) is 2. The summed E-state index contributed by atoms with van der Waals surface area (Å²) in [5, 5.41) is 4.59. The minimum absolute atomic E-state index is 0.0751. The van der Waals surface area contributed by atoms with Crippen LogP contribution >= 0.6 is 35.0 Å². The highest BCUT2D eigenvalue weighted by molar-refractivity contribution is 8.05. The van der Waals surface area contributed by atoms with Gasteiger partial charge in [0.15, 0.2) is 17.0 Å². The van der Waals surface area contributed by atoms with E-state index in [2.05, 4.69) is 17.1 Å². The molecule has 0 radical (unpaired) electrons. The van der Waals surface area contributed by atoms with Gasteiger partial charge in [0.25, 0.3) is 5.91 Å². The quantitative estimate of drug-likeness (QED) is 0.270. The molecule has 8 heteroatoms. The minimum atomic E-state index is -0.160. The highest BCUT2D eigenvalue weighted by atomic mass is 35.5. The van der Waals surface area contributed by atoms with Gasteiger partial charge < -0.3 is 19.7 Å². The van der Waals surface area contributed by atoms with Gasteiger partial charge in [0.2, 0.25) is 0 Å². The van der Waals surface area contributed by atoms with Gasteiger partial charge in [-0.2, -0.15) is 0 Å². The van der Waals surface area contributed by atoms with Gasteiger partial charge in [-0.1, -0.05) is 85.1 Å². The van der Waals surface area contributed by atoms with Crippen molar-refractivity contribution >= 4 is 52.6 Å². The first-order chi connectivity index (χ1) is 18.9. The highest BCUT2D eigenvalue weighted by Crippen LogP contribution is 2.42. The Kier molecular flexibility index (Phi) is 8.96. The van der Waals surface area contributed by atoms with Crippen molar-refractivity contribution in [3.05, 3.63) is 92.8 Å². The summed E-state index contributed by atoms with van der Waals surface area (Å²) in [5.41, 5.74) is 2.62. The van der Waals surface area contributed by atoms with Crippen LogP contribution in [0.4, 0.5) is 5.69 Å². The lowest BCUT2D eigenvalue weighted by Crippen LogP contribution is -2.48. The molecule has 1 aliphatic heterocycles. The van der Waals surface area contributed by atoms with Gasteiger partial charge in [0.05, 0.1) is 22.1 Å². The molecule has 5 nitrogen and oxygen atoms in total. The fraction of sp³-hybridized carbons (Fsp3) is 0.323. The van der Waals surface area contributed by atoms with E-state index < -0.39 is 0 Å². The van der Waals surface area contributed by atoms with Crippen LogP contribution in [0.5, 0.6) is 11.5 Å². The van der Waals surface area contributed by atoms with E-state index in [9.17, 15) is 4.79 Å². The molecule has 39 heavy (non-hydrogen) atoms. The predicted molar refractivity (Wildman–Crippen MR) is 161 cm³/mol. The van der Waals surface area contributed by atoms with Crippen molar-refractivity contribution in [3.63, 3.8) is 0 Å². The highest BCUT2D eigenvalue weighted by Gasteiger charge is 2.42. The van der Waals surface area contributed by atoms with E-state index in [-0.39, 0.29) is 17.4 Å². The third-order valence-electron chi connectivity index (χ3n) is 7.29. The summed E-state index contributed by atoms with van der Waals surface area (Å²) in [6, 6.07) is 21.4. The second kappa shape index (κ2) is 12.6. The third kappa shape index (κ3) is 6.51. The van der Waals surface area contributed by atoms with Crippen LogP contribution in [0, 0.1) is 5.92 Å². The van der Waals surface area contributed by atoms with Crippen molar-refractivity contribution in [2.75, 3.05) is 12.4 Å². The fourth-order valence-electron chi connectivity index (χ4n) is 5.20. The van der Waals surface area contributed by atoms with E-state index in [4.69, 9.17) is 32.7 Å². The van der Waals surface area contributed by atoms with Crippen molar-refractivity contribution in [3.8, 4) is 11.5 Å². The zero-order valence-corrected chi connectivity index (χ0v) is 24.4. The number of hydrogen-bond donors (Lipinski definition) is 1. The molecule has 1 heterocycles. The molecule has 0 aromatic heterocycles. The summed E-state index contributed by atoms with van der Waals surface area (Å²) in [7, 11) is 1.61. The van der Waals surface area contributed by atoms with E-state index in [1.54, 1.807) is 31.0 Å². The average molecular weight is 584 g/mol. The topological polar surface area (TPSA) is 50.8 Å². The maximum absolute atomic E-state index is 13.8. The maximum Gasteiger partial charge on any atom is 0.262 e. The smallest absolute Gasteiger partial charge is 0.262 e. The van der Waals surface area contributed by atoms with Crippen molar-refractivity contribution in [2.24, 2.45) is 5.92 Å². The normalized spacial score (nSPS) is 22.3. The molecule has 204 valence electrons. The van der Waals surface area contributed by atoms with Gasteiger partial charge >= 0.3 is 0 Å². The molecule has 0 spiro atoms. The zero-order chi connectivity index (χ0) is 27.4. The molecule has 1 saturated carbocycles. The molecule has 3 atom stereocenters. The lowest BCUT2D eigenvalue weighted by atomic mass is 9.85. The molecule has 2 fully saturated rings. The number of para-hydroxylation sites is 1. The molecule has 1 amide bonds. The number of methoxy groups -OCH3 is 1. The lowest BCUT2D eigenvalue weighted by molar-refractivity contribution is -0.129. The number of thioether (sulfide) groups is 1. The van der Waals surface area contributed by atoms with Crippen LogP contribution < -0.4 is 14.8 Å². The third-order valence-corrected chi connectivity index (χ3v) is 9.14. The van der Waals surface area contributed by atoms with Crippen LogP contribution in [0.15, 0.2) is 71.6 Å². The number of nitrogens with one attached hydrogen (secondary N) is 1. The maximum atomic E-state index is 13.8. The van der Waals surface area contributed by atoms with Crippen LogP contribution in [0.2, 0.25) is 10.0 Å². The Morgan fingerprint density at radius 1 is 1.00 bits per heavy atom. The largest absolute Gasteiger partial charge is 0.493 e. The molecule has 5 rings (SSSR count). The predicted octanol–water partition coefficient (Wildman–Crippen LogP) is 8.47. The lowest BCUT2D eigenvalue weighted by Gasteiger charge is -2.39. The van der Waals surface area contributed by atoms with Crippen LogP contribution in [0.25, 0.3) is 6.08 Å². The van der Waals surface area contributed by atoms with Gasteiger partial charge in [-0.15, -0.1) is 0 Å². The molecule has 3 aromatic rings. The van der Waals surface area contributed by atoms with Gasteiger partial charge in [-0.3, -0.25) is 4.79 Å². The van der Waals surface area contributed by atoms with Crippen molar-refractivity contribution < 1.29 is 14.3 Å². The van der Waals surface area contributed by atoms with Crippen LogP contribution in [-0.2, 0) is 11.4 Å². The Morgan fingerprint density at radius 3 is 2.54 bits per heavy atom. The minimum Gasteiger partial charge on any atom is -0.493 e. The summed E-state index contributed by atoms with van der Waals surface area (Å²) in [4.78, 5) is 16.6. The van der Waals surface area contributed by atoms with Crippen LogP contribution in [0.3, 0.4) is 0 Å². The molecule has 1 unspecified atom stereocenters. The summed E-state index contributed by atoms with van der Waals surface area (Å²) >= 11 is 13.7. The standard InChI is InChI=1S/C31H32Cl2N2O3S/c1-20-8-6-7-11-26(20)35-30(36)29(39-31(35)34-23-9-4-3-5-10-23)18-21-13-15-27(28(17-21)37-2)38-19-22-12-14-24(32)25(33)16-22/h3-5,9-10,12-18,20,26,31,34H,6-8,11,19H2,1-2H3/b29-18-/t20-,26+,31?/m0/s1. The van der Waals surface area contributed by atoms with Crippen molar-refractivity contribution in [2.45, 2.75) is 50.8 Å². The molecular formula is C31H32Cl2N2O3S. The summed E-state index contributed by atoms with van der Waals surface area (Å²) < 4.78 is 11.6. The monoisotopic (exact) mass is 582 g/mol. The van der Waals surface area contributed by atoms with Crippen molar-refractivity contribution in [1.82, 2.24) is 4.90 Å². The molecule has 3 aromatic carbocycles. The first-order valence-corrected chi connectivity index (χ1v) is 14.8. The molecule has 0 bridgehead atoms. The number of hydrogen-bond acceptors (Lipinski definition) is 5. The SMILES string of the molecule is COc1cc(/C=C2\SC(Nc3ccccc3)N([C@@H]3CCCC[C@@H]3C)C2=O)ccc1OCc1ccc(Cl)c(Cl)c1. The first kappa shape index (κ1) is 27.8. The van der Waals surface area contributed by atoms with Crippen LogP contribution in [0.1, 0.15) is 43.7 Å². The van der Waals surface area contributed by atoms with E-state index in [0.29, 0.717) is 39.0 Å². The second-order valence-corrected chi connectivity index (χ2v) is 11.9. The van der Waals surface area contributed by atoms with Gasteiger partial charge in [0.1, 0.15) is 6.61 Å². The Bertz CT molecular complexity index is 1350. The first-order valence-electron chi connectivity index (χ1n) is 13.2. The summed E-state index contributed by atoms with van der Waals surface area (Å²) in [6.07, 6.45) is 6.52. The number of halogens is 2. The number of benzene rings is 3. The number of carbonyl (C=O) groups excluding carboxylic acids is 1. The summed E-state index contributed by atoms with van der Waals surface area (Å²) in [6.45, 7) is 2.59. The van der Waals surface area contributed by atoms with Gasteiger partial charge in [-0.05, 0) is 72.4 Å². The molecular weight excluding hydrogens is 551 g/mol. The number of anilines is 1. The molecule has 1 saturated heterocycles. The Balaban J connectivity index is 1.37. The number of carbonyl (C=O) groups is 1. The van der Waals surface area contributed by atoms with E-state index >= 15 is 0 Å². The van der Waals surface area contributed by atoms with E-state index in [0.717, 1.165) is 36.1 Å². The van der Waals surface area contributed by atoms with E-state index in [1.165, 1.54) is 6.42 Å². The van der Waals surface area contributed by atoms with Gasteiger partial charge in [-0.25, -0.2) is 0 Å². The Morgan fingerprint density at radius 2 is 1.79 bits per heavy atom. The molecule has 1 N–H and O–H groups in total. The number of amides is 1. The molecule has 2 aliphatic rings. The number of rotatable bonds is 8. The van der Waals surface area contributed by atoms with Gasteiger partial charge in [0, 0.05) is 11.7 Å². The number of nitrogens with zero attached hydrogens (tertiary/aromatic N) is 1. The Labute approximate surface area is 244 Å².